The van der Waals surface area contributed by atoms with Crippen molar-refractivity contribution in [2.24, 2.45) is 0 Å². The highest BCUT2D eigenvalue weighted by atomic mass is 79.9. The van der Waals surface area contributed by atoms with Crippen LogP contribution in [0.1, 0.15) is 33.2 Å². The number of carbonyl (C=O) groups is 3. The topological polar surface area (TPSA) is 87.2 Å². The van der Waals surface area contributed by atoms with Crippen LogP contribution in [0.3, 0.4) is 0 Å². The maximum Gasteiger partial charge on any atom is 0.335 e. The fourth-order valence-electron chi connectivity index (χ4n) is 3.92. The SMILES string of the molecule is O=C(O)c1ccc(CN(Cc2ccccc2)C(=O)CN2C[C@@H](c3ccc(Br)cc3)OCC2=O)cc1. The van der Waals surface area contributed by atoms with E-state index in [1.165, 1.54) is 12.1 Å². The van der Waals surface area contributed by atoms with Crippen LogP contribution in [0.5, 0.6) is 0 Å². The largest absolute Gasteiger partial charge is 0.478 e. The molecule has 0 saturated carbocycles. The van der Waals surface area contributed by atoms with E-state index in [-0.39, 0.29) is 36.6 Å². The van der Waals surface area contributed by atoms with Crippen LogP contribution in [-0.2, 0) is 27.4 Å². The zero-order chi connectivity index (χ0) is 24.8. The van der Waals surface area contributed by atoms with Gasteiger partial charge in [0, 0.05) is 17.6 Å². The normalized spacial score (nSPS) is 15.6. The van der Waals surface area contributed by atoms with Gasteiger partial charge in [0.15, 0.2) is 0 Å². The zero-order valence-corrected chi connectivity index (χ0v) is 20.6. The van der Waals surface area contributed by atoms with Crippen LogP contribution in [0.2, 0.25) is 0 Å². The molecule has 0 aliphatic carbocycles. The Bertz CT molecular complexity index is 1180. The Labute approximate surface area is 212 Å². The number of nitrogens with zero attached hydrogens (tertiary/aromatic N) is 2. The summed E-state index contributed by atoms with van der Waals surface area (Å²) < 4.78 is 6.68. The number of morpholine rings is 1. The summed E-state index contributed by atoms with van der Waals surface area (Å²) in [4.78, 5) is 40.4. The third-order valence-corrected chi connectivity index (χ3v) is 6.39. The van der Waals surface area contributed by atoms with Crippen LogP contribution < -0.4 is 0 Å². The van der Waals surface area contributed by atoms with Gasteiger partial charge >= 0.3 is 5.97 Å². The van der Waals surface area contributed by atoms with Crippen molar-refractivity contribution < 1.29 is 24.2 Å². The first kappa shape index (κ1) is 24.6. The molecule has 0 aromatic heterocycles. The molecule has 0 bridgehead atoms. The molecule has 2 amide bonds. The van der Waals surface area contributed by atoms with Gasteiger partial charge in [0.2, 0.25) is 11.8 Å². The molecular weight excluding hydrogens is 512 g/mol. The molecule has 7 nitrogen and oxygen atoms in total. The summed E-state index contributed by atoms with van der Waals surface area (Å²) in [5.74, 6) is -1.42. The van der Waals surface area contributed by atoms with Crippen LogP contribution in [0.4, 0.5) is 0 Å². The van der Waals surface area contributed by atoms with E-state index in [2.05, 4.69) is 15.9 Å². The number of amides is 2. The van der Waals surface area contributed by atoms with E-state index < -0.39 is 5.97 Å². The minimum absolute atomic E-state index is 0.0603. The van der Waals surface area contributed by atoms with Gasteiger partial charge in [0.05, 0.1) is 18.7 Å². The summed E-state index contributed by atoms with van der Waals surface area (Å²) >= 11 is 3.42. The lowest BCUT2D eigenvalue weighted by atomic mass is 10.1. The average Bonchev–Trinajstić information content (AvgIpc) is 2.86. The quantitative estimate of drug-likeness (QED) is 0.464. The summed E-state index contributed by atoms with van der Waals surface area (Å²) in [6, 6.07) is 23.8. The molecule has 1 N–H and O–H groups in total. The van der Waals surface area contributed by atoms with Crippen molar-refractivity contribution in [3.63, 3.8) is 0 Å². The first-order valence-corrected chi connectivity index (χ1v) is 12.0. The number of aromatic carboxylic acids is 1. The summed E-state index contributed by atoms with van der Waals surface area (Å²) in [7, 11) is 0. The van der Waals surface area contributed by atoms with Crippen LogP contribution in [0, 0.1) is 0 Å². The first-order valence-electron chi connectivity index (χ1n) is 11.2. The number of benzene rings is 3. The highest BCUT2D eigenvalue weighted by molar-refractivity contribution is 9.10. The summed E-state index contributed by atoms with van der Waals surface area (Å²) in [6.45, 7) is 0.814. The van der Waals surface area contributed by atoms with Crippen molar-refractivity contribution >= 4 is 33.7 Å². The van der Waals surface area contributed by atoms with Gasteiger partial charge in [0.1, 0.15) is 12.7 Å². The van der Waals surface area contributed by atoms with E-state index in [4.69, 9.17) is 9.84 Å². The van der Waals surface area contributed by atoms with Gasteiger partial charge in [-0.05, 0) is 41.0 Å². The standard InChI is InChI=1S/C27H25BrN2O5/c28-23-12-10-21(11-13-23)24-16-30(26(32)18-35-24)17-25(31)29(14-19-4-2-1-3-5-19)15-20-6-8-22(9-7-20)27(33)34/h1-13,24H,14-18H2,(H,33,34)/t24-/m0/s1. The van der Waals surface area contributed by atoms with Crippen molar-refractivity contribution in [2.75, 3.05) is 19.7 Å². The van der Waals surface area contributed by atoms with Gasteiger partial charge in [-0.1, -0.05) is 70.5 Å². The lowest BCUT2D eigenvalue weighted by molar-refractivity contribution is -0.154. The Morgan fingerprint density at radius 3 is 2.20 bits per heavy atom. The Hall–Kier alpha value is -3.49. The molecule has 180 valence electrons. The van der Waals surface area contributed by atoms with Crippen LogP contribution >= 0.6 is 15.9 Å². The molecule has 0 spiro atoms. The third-order valence-electron chi connectivity index (χ3n) is 5.86. The Morgan fingerprint density at radius 2 is 1.57 bits per heavy atom. The molecule has 1 saturated heterocycles. The second-order valence-electron chi connectivity index (χ2n) is 8.36. The monoisotopic (exact) mass is 536 g/mol. The van der Waals surface area contributed by atoms with Gasteiger partial charge in [0.25, 0.3) is 0 Å². The number of hydrogen-bond donors (Lipinski definition) is 1. The van der Waals surface area contributed by atoms with Crippen molar-refractivity contribution in [1.82, 2.24) is 9.80 Å². The highest BCUT2D eigenvalue weighted by Gasteiger charge is 2.30. The molecule has 8 heteroatoms. The molecular formula is C27H25BrN2O5. The van der Waals surface area contributed by atoms with E-state index in [9.17, 15) is 14.4 Å². The molecule has 0 unspecified atom stereocenters. The van der Waals surface area contributed by atoms with E-state index in [0.29, 0.717) is 19.6 Å². The number of rotatable bonds is 8. The van der Waals surface area contributed by atoms with E-state index in [1.54, 1.807) is 21.9 Å². The van der Waals surface area contributed by atoms with Crippen molar-refractivity contribution in [3.8, 4) is 0 Å². The second-order valence-corrected chi connectivity index (χ2v) is 9.28. The van der Waals surface area contributed by atoms with Crippen molar-refractivity contribution in [1.29, 1.82) is 0 Å². The van der Waals surface area contributed by atoms with Crippen LogP contribution in [0.25, 0.3) is 0 Å². The zero-order valence-electron chi connectivity index (χ0n) is 19.0. The van der Waals surface area contributed by atoms with E-state index in [0.717, 1.165) is 21.2 Å². The van der Waals surface area contributed by atoms with E-state index in [1.807, 2.05) is 54.6 Å². The Morgan fingerprint density at radius 1 is 0.943 bits per heavy atom. The third kappa shape index (κ3) is 6.55. The first-order chi connectivity index (χ1) is 16.9. The van der Waals surface area contributed by atoms with Gasteiger partial charge in [-0.3, -0.25) is 9.59 Å². The predicted octanol–water partition coefficient (Wildman–Crippen LogP) is 4.28. The Balaban J connectivity index is 1.49. The molecule has 3 aromatic rings. The maximum atomic E-state index is 13.4. The maximum absolute atomic E-state index is 13.4. The molecule has 1 aliphatic rings. The van der Waals surface area contributed by atoms with Gasteiger partial charge in [-0.25, -0.2) is 4.79 Å². The van der Waals surface area contributed by atoms with Gasteiger partial charge < -0.3 is 19.6 Å². The summed E-state index contributed by atoms with van der Waals surface area (Å²) in [5.41, 5.74) is 2.90. The minimum atomic E-state index is -1.00. The van der Waals surface area contributed by atoms with Crippen molar-refractivity contribution in [3.05, 3.63) is 106 Å². The molecule has 3 aromatic carbocycles. The smallest absolute Gasteiger partial charge is 0.335 e. The fourth-order valence-corrected chi connectivity index (χ4v) is 4.19. The lowest BCUT2D eigenvalue weighted by Gasteiger charge is -2.34. The number of carboxylic acid groups (broad SMARTS) is 1. The highest BCUT2D eigenvalue weighted by Crippen LogP contribution is 2.24. The van der Waals surface area contributed by atoms with Crippen LogP contribution in [-0.4, -0.2) is 52.4 Å². The fraction of sp³-hybridized carbons (Fsp3) is 0.222. The number of halogens is 1. The molecule has 35 heavy (non-hydrogen) atoms. The molecule has 1 heterocycles. The van der Waals surface area contributed by atoms with Gasteiger partial charge in [-0.2, -0.15) is 0 Å². The Kier molecular flexibility index (Phi) is 7.94. The number of carboxylic acids is 1. The second kappa shape index (κ2) is 11.3. The van der Waals surface area contributed by atoms with E-state index >= 15 is 0 Å². The van der Waals surface area contributed by atoms with Crippen molar-refractivity contribution in [2.45, 2.75) is 19.2 Å². The predicted molar refractivity (Wildman–Crippen MR) is 134 cm³/mol. The number of ether oxygens (including phenoxy) is 1. The average molecular weight is 537 g/mol. The molecule has 1 aliphatic heterocycles. The minimum Gasteiger partial charge on any atom is -0.478 e. The summed E-state index contributed by atoms with van der Waals surface area (Å²) in [5, 5.41) is 9.15. The number of hydrogen-bond acceptors (Lipinski definition) is 4. The van der Waals surface area contributed by atoms with Gasteiger partial charge in [-0.15, -0.1) is 0 Å². The lowest BCUT2D eigenvalue weighted by Crippen LogP contribution is -2.48. The molecule has 1 atom stereocenters. The summed E-state index contributed by atoms with van der Waals surface area (Å²) in [6.07, 6.45) is -0.306. The molecule has 1 fully saturated rings. The van der Waals surface area contributed by atoms with Crippen LogP contribution in [0.15, 0.2) is 83.3 Å². The molecule has 4 rings (SSSR count). The number of carbonyl (C=O) groups excluding carboxylic acids is 2. The molecule has 0 radical (unpaired) electrons.